The zero-order chi connectivity index (χ0) is 3.28. The van der Waals surface area contributed by atoms with E-state index in [1.54, 1.807) is 8.58 Å². The normalized spacial score (nSPS) is 59.2. The summed E-state index contributed by atoms with van der Waals surface area (Å²) < 4.78 is 0. The molecule has 0 bridgehead atoms. The van der Waals surface area contributed by atoms with Crippen molar-refractivity contribution in [2.24, 2.45) is 0 Å². The van der Waals surface area contributed by atoms with Gasteiger partial charge in [-0.15, -0.1) is 0 Å². The van der Waals surface area contributed by atoms with Gasteiger partial charge >= 0.3 is 0 Å². The third-order valence-corrected chi connectivity index (χ3v) is 2.44. The molecule has 1 radical (unpaired) electrons. The molecule has 5 heavy (non-hydrogen) atoms. The summed E-state index contributed by atoms with van der Waals surface area (Å²) in [6.07, 6.45) is 4.57. The average molecular weight is 83.0 g/mol. The quantitative estimate of drug-likeness (QED) is 0.305. The van der Waals surface area contributed by atoms with Crippen molar-refractivity contribution in [3.63, 3.8) is 0 Å². The molecule has 1 aliphatic carbocycles. The van der Waals surface area contributed by atoms with Crippen LogP contribution in [-0.2, 0) is 0 Å². The van der Waals surface area contributed by atoms with E-state index in [0.717, 1.165) is 11.3 Å². The molecule has 0 nitrogen and oxygen atoms in total. The fourth-order valence-electron chi connectivity index (χ4n) is 0.558. The Morgan fingerprint density at radius 1 is 1.20 bits per heavy atom. The molecule has 1 heteroatoms. The largest absolute Gasteiger partial charge is 0.0791 e. The fraction of sp³-hybridized carbons (Fsp3) is 0.500. The molecular weight excluding hydrogens is 79.0 g/mol. The van der Waals surface area contributed by atoms with Gasteiger partial charge in [0.1, 0.15) is 0 Å². The van der Waals surface area contributed by atoms with Crippen LogP contribution < -0.4 is 0 Å². The molecule has 0 aromatic carbocycles. The van der Waals surface area contributed by atoms with Crippen LogP contribution in [-0.4, -0.2) is 11.3 Å². The minimum Gasteiger partial charge on any atom is -0.0791 e. The molecular formula is C4H4P. The van der Waals surface area contributed by atoms with E-state index in [4.69, 9.17) is 0 Å². The van der Waals surface area contributed by atoms with E-state index in [1.807, 2.05) is 0 Å². The Kier molecular flexibility index (Phi) is 0.235. The van der Waals surface area contributed by atoms with E-state index in [-0.39, 0.29) is 0 Å². The SMILES string of the molecule is C1=CC2[P]C12. The molecule has 0 aromatic heterocycles. The minimum atomic E-state index is 1.02. The lowest BCUT2D eigenvalue weighted by Gasteiger charge is -1.89. The van der Waals surface area contributed by atoms with Gasteiger partial charge in [-0.05, 0) is 0 Å². The van der Waals surface area contributed by atoms with Crippen LogP contribution >= 0.6 is 8.58 Å². The Labute approximate surface area is 33.0 Å². The molecule has 0 amide bonds. The highest BCUT2D eigenvalue weighted by molar-refractivity contribution is 7.50. The van der Waals surface area contributed by atoms with Crippen molar-refractivity contribution in [3.8, 4) is 0 Å². The molecule has 2 aliphatic rings. The lowest BCUT2D eigenvalue weighted by molar-refractivity contribution is 1.13. The smallest absolute Gasteiger partial charge is 0.0121 e. The van der Waals surface area contributed by atoms with E-state index in [0.29, 0.717) is 0 Å². The molecule has 2 unspecified atom stereocenters. The number of fused-ring (bicyclic) bond motifs is 1. The number of hydrogen-bond acceptors (Lipinski definition) is 0. The number of allylic oxidation sites excluding steroid dienone is 2. The summed E-state index contributed by atoms with van der Waals surface area (Å²) in [5, 5.41) is 0. The lowest BCUT2D eigenvalue weighted by Crippen LogP contribution is -1.93. The van der Waals surface area contributed by atoms with Crippen LogP contribution in [0.2, 0.25) is 0 Å². The molecule has 2 rings (SSSR count). The van der Waals surface area contributed by atoms with Gasteiger partial charge in [-0.25, -0.2) is 0 Å². The second-order valence-corrected chi connectivity index (χ2v) is 3.01. The van der Waals surface area contributed by atoms with Crippen LogP contribution in [0.25, 0.3) is 0 Å². The van der Waals surface area contributed by atoms with Gasteiger partial charge < -0.3 is 0 Å². The zero-order valence-electron chi connectivity index (χ0n) is 2.76. The van der Waals surface area contributed by atoms with Crippen molar-refractivity contribution >= 4 is 8.58 Å². The van der Waals surface area contributed by atoms with Gasteiger partial charge in [-0.1, -0.05) is 20.7 Å². The first-order valence-corrected chi connectivity index (χ1v) is 2.88. The van der Waals surface area contributed by atoms with Gasteiger partial charge in [0.25, 0.3) is 0 Å². The lowest BCUT2D eigenvalue weighted by atomic mass is 10.1. The molecule has 1 fully saturated rings. The summed E-state index contributed by atoms with van der Waals surface area (Å²) in [4.78, 5) is 0. The first-order chi connectivity index (χ1) is 2.47. The Balaban J connectivity index is 2.46. The predicted molar refractivity (Wildman–Crippen MR) is 23.6 cm³/mol. The third-order valence-electron chi connectivity index (χ3n) is 1.11. The first-order valence-electron chi connectivity index (χ1n) is 1.85. The number of hydrogen-bond donors (Lipinski definition) is 0. The summed E-state index contributed by atoms with van der Waals surface area (Å²) in [5.41, 5.74) is 2.05. The van der Waals surface area contributed by atoms with Gasteiger partial charge in [0.05, 0.1) is 0 Å². The minimum absolute atomic E-state index is 1.02. The Morgan fingerprint density at radius 2 is 1.80 bits per heavy atom. The maximum Gasteiger partial charge on any atom is 0.0121 e. The van der Waals surface area contributed by atoms with E-state index < -0.39 is 0 Å². The Morgan fingerprint density at radius 3 is 1.80 bits per heavy atom. The summed E-state index contributed by atoms with van der Waals surface area (Å²) in [5.74, 6) is 0. The van der Waals surface area contributed by atoms with Gasteiger partial charge in [0.15, 0.2) is 0 Å². The van der Waals surface area contributed by atoms with Gasteiger partial charge in [0, 0.05) is 11.3 Å². The summed E-state index contributed by atoms with van der Waals surface area (Å²) in [7, 11) is 1.66. The molecule has 0 saturated carbocycles. The molecule has 2 atom stereocenters. The maximum atomic E-state index is 2.28. The van der Waals surface area contributed by atoms with E-state index in [1.165, 1.54) is 0 Å². The topological polar surface area (TPSA) is 0 Å². The molecule has 1 saturated heterocycles. The molecule has 0 N–H and O–H groups in total. The second kappa shape index (κ2) is 0.498. The van der Waals surface area contributed by atoms with Crippen molar-refractivity contribution in [2.45, 2.75) is 11.3 Å². The Bertz CT molecular complexity index is 75.6. The van der Waals surface area contributed by atoms with Crippen LogP contribution in [0.5, 0.6) is 0 Å². The predicted octanol–water partition coefficient (Wildman–Crippen LogP) is 1.25. The van der Waals surface area contributed by atoms with Crippen LogP contribution in [0.4, 0.5) is 0 Å². The van der Waals surface area contributed by atoms with E-state index in [9.17, 15) is 0 Å². The fourth-order valence-corrected chi connectivity index (χ4v) is 1.45. The molecule has 1 aliphatic heterocycles. The second-order valence-electron chi connectivity index (χ2n) is 1.52. The van der Waals surface area contributed by atoms with Gasteiger partial charge in [-0.2, -0.15) is 0 Å². The van der Waals surface area contributed by atoms with Crippen molar-refractivity contribution in [3.05, 3.63) is 12.2 Å². The standard InChI is InChI=1S/C4H4P/c1-2-4-3(1)5-4/h1-4H. The third kappa shape index (κ3) is 0.157. The van der Waals surface area contributed by atoms with Crippen molar-refractivity contribution < 1.29 is 0 Å². The van der Waals surface area contributed by atoms with Crippen LogP contribution in [0.1, 0.15) is 0 Å². The molecule has 1 heterocycles. The van der Waals surface area contributed by atoms with Crippen LogP contribution in [0.15, 0.2) is 12.2 Å². The van der Waals surface area contributed by atoms with E-state index in [2.05, 4.69) is 12.2 Å². The summed E-state index contributed by atoms with van der Waals surface area (Å²) in [6, 6.07) is 0. The van der Waals surface area contributed by atoms with Gasteiger partial charge in [-0.3, -0.25) is 0 Å². The summed E-state index contributed by atoms with van der Waals surface area (Å²) >= 11 is 0. The maximum absolute atomic E-state index is 2.28. The zero-order valence-corrected chi connectivity index (χ0v) is 3.65. The highest BCUT2D eigenvalue weighted by Gasteiger charge is 2.39. The Hall–Kier alpha value is 0.170. The molecule has 25 valence electrons. The average Bonchev–Trinajstić information content (AvgIpc) is 1.74. The van der Waals surface area contributed by atoms with Crippen LogP contribution in [0.3, 0.4) is 0 Å². The van der Waals surface area contributed by atoms with Crippen molar-refractivity contribution in [1.82, 2.24) is 0 Å². The molecule has 0 spiro atoms. The highest BCUT2D eigenvalue weighted by atomic mass is 31.1. The monoisotopic (exact) mass is 83.0 g/mol. The van der Waals surface area contributed by atoms with Gasteiger partial charge in [0.2, 0.25) is 0 Å². The van der Waals surface area contributed by atoms with Crippen molar-refractivity contribution in [2.75, 3.05) is 0 Å². The van der Waals surface area contributed by atoms with Crippen molar-refractivity contribution in [1.29, 1.82) is 0 Å². The molecule has 0 aromatic rings. The number of rotatable bonds is 0. The first kappa shape index (κ1) is 2.36. The van der Waals surface area contributed by atoms with E-state index >= 15 is 0 Å². The highest BCUT2D eigenvalue weighted by Crippen LogP contribution is 2.56. The van der Waals surface area contributed by atoms with Crippen LogP contribution in [0, 0.1) is 0 Å². The summed E-state index contributed by atoms with van der Waals surface area (Å²) in [6.45, 7) is 0.